The molecule has 6 N–H and O–H groups in total. The Bertz CT molecular complexity index is 1480. The molecule has 4 rings (SSSR count). The summed E-state index contributed by atoms with van der Waals surface area (Å²) in [5, 5.41) is 19.9. The van der Waals surface area contributed by atoms with Crippen LogP contribution in [0.15, 0.2) is 58.5 Å². The van der Waals surface area contributed by atoms with Crippen LogP contribution in [0.4, 0.5) is 0 Å². The van der Waals surface area contributed by atoms with Crippen LogP contribution in [0.2, 0.25) is 0 Å². The Kier molecular flexibility index (Phi) is 5.26. The average Bonchev–Trinajstić information content (AvgIpc) is 3.26. The molecular weight excluding hydrogens is 442 g/mol. The number of primary sulfonamides is 1. The van der Waals surface area contributed by atoms with Crippen LogP contribution in [0.3, 0.4) is 0 Å². The van der Waals surface area contributed by atoms with E-state index in [1.165, 1.54) is 12.1 Å². The van der Waals surface area contributed by atoms with Crippen molar-refractivity contribution in [1.29, 1.82) is 0 Å². The molecule has 2 aromatic carbocycles. The zero-order valence-electron chi connectivity index (χ0n) is 16.1. The highest BCUT2D eigenvalue weighted by atomic mass is 32.2. The monoisotopic (exact) mass is 460 g/mol. The highest BCUT2D eigenvalue weighted by Crippen LogP contribution is 2.39. The van der Waals surface area contributed by atoms with Gasteiger partial charge in [-0.15, -0.1) is 10.2 Å². The molecule has 2 heterocycles. The molecule has 0 aliphatic heterocycles. The smallest absolute Gasteiger partial charge is 0.240 e. The van der Waals surface area contributed by atoms with E-state index in [1.807, 2.05) is 12.1 Å². The van der Waals surface area contributed by atoms with Gasteiger partial charge in [-0.1, -0.05) is 24.3 Å². The van der Waals surface area contributed by atoms with Crippen LogP contribution in [-0.4, -0.2) is 54.7 Å². The lowest BCUT2D eigenvalue weighted by Crippen LogP contribution is -2.53. The molecule has 0 spiro atoms. The third kappa shape index (κ3) is 3.90. The Morgan fingerprint density at radius 2 is 1.87 bits per heavy atom. The van der Waals surface area contributed by atoms with E-state index in [0.29, 0.717) is 16.6 Å². The highest BCUT2D eigenvalue weighted by Gasteiger charge is 2.32. The van der Waals surface area contributed by atoms with Crippen molar-refractivity contribution in [1.82, 2.24) is 25.6 Å². The van der Waals surface area contributed by atoms with Crippen molar-refractivity contribution in [3.05, 3.63) is 48.7 Å². The standard InChI is InChI=1S/C18H17N7O4S2/c19-7-9-30(26,27)15-6-5-13(12-4-3-11-2-1-8-21-14(11)10-12)16(17(15)31(20,28)29)18-22-24-25-23-18/h1-6,8,10H,7,9,19H2,(H2,20,28,29)(H,22,23,24,25)/p+1. The molecule has 0 amide bonds. The number of sulfonamides is 1. The van der Waals surface area contributed by atoms with Crippen molar-refractivity contribution in [3.63, 3.8) is 0 Å². The Morgan fingerprint density at radius 3 is 2.55 bits per heavy atom. The van der Waals surface area contributed by atoms with Crippen LogP contribution in [0.1, 0.15) is 0 Å². The number of pyridine rings is 1. The van der Waals surface area contributed by atoms with E-state index >= 15 is 0 Å². The number of H-pyrrole nitrogens is 1. The van der Waals surface area contributed by atoms with Crippen LogP contribution >= 0.6 is 0 Å². The topological polar surface area (TPSA) is 189 Å². The van der Waals surface area contributed by atoms with Gasteiger partial charge in [-0.3, -0.25) is 4.98 Å². The summed E-state index contributed by atoms with van der Waals surface area (Å²) in [5.74, 6) is -0.452. The second-order valence-corrected chi connectivity index (χ2v) is 10.3. The first kappa shape index (κ1) is 21.0. The predicted octanol–water partition coefficient (Wildman–Crippen LogP) is -0.255. The normalized spacial score (nSPS) is 12.3. The van der Waals surface area contributed by atoms with Gasteiger partial charge in [0.05, 0.1) is 22.5 Å². The number of aromatic amines is 1. The van der Waals surface area contributed by atoms with Gasteiger partial charge in [0.2, 0.25) is 15.8 Å². The molecule has 4 aromatic rings. The van der Waals surface area contributed by atoms with Gasteiger partial charge in [0.1, 0.15) is 10.6 Å². The van der Waals surface area contributed by atoms with Gasteiger partial charge in [0.15, 0.2) is 9.84 Å². The predicted molar refractivity (Wildman–Crippen MR) is 112 cm³/mol. The molecular formula is C18H18N7O4S2+. The second-order valence-electron chi connectivity index (χ2n) is 6.68. The van der Waals surface area contributed by atoms with Crippen LogP contribution in [-0.2, 0) is 19.9 Å². The number of nitrogens with one attached hydrogen (secondary N) is 1. The maximum Gasteiger partial charge on any atom is 0.240 e. The van der Waals surface area contributed by atoms with E-state index in [4.69, 9.17) is 5.14 Å². The number of sulfone groups is 1. The number of fused-ring (bicyclic) bond motifs is 1. The molecule has 0 atom stereocenters. The fourth-order valence-electron chi connectivity index (χ4n) is 3.36. The van der Waals surface area contributed by atoms with Gasteiger partial charge >= 0.3 is 0 Å². The molecule has 13 heteroatoms. The number of hydrogen-bond acceptors (Lipinski definition) is 8. The molecule has 0 radical (unpaired) electrons. The number of rotatable bonds is 6. The minimum atomic E-state index is -4.50. The average molecular weight is 461 g/mol. The van der Waals surface area contributed by atoms with Crippen molar-refractivity contribution >= 4 is 30.8 Å². The summed E-state index contributed by atoms with van der Waals surface area (Å²) in [6, 6.07) is 11.8. The fraction of sp³-hybridized carbons (Fsp3) is 0.111. The number of aromatic nitrogens is 5. The third-order valence-electron chi connectivity index (χ3n) is 4.64. The number of quaternary nitrogens is 1. The number of hydrogen-bond donors (Lipinski definition) is 3. The number of benzene rings is 2. The minimum Gasteiger partial charge on any atom is -0.357 e. The first-order valence-corrected chi connectivity index (χ1v) is 12.2. The Labute approximate surface area is 177 Å². The lowest BCUT2D eigenvalue weighted by Gasteiger charge is -2.16. The van der Waals surface area contributed by atoms with Gasteiger partial charge < -0.3 is 5.73 Å². The molecule has 0 fully saturated rings. The maximum absolute atomic E-state index is 12.8. The minimum absolute atomic E-state index is 0.0576. The molecule has 11 nitrogen and oxygen atoms in total. The van der Waals surface area contributed by atoms with Crippen LogP contribution in [0.25, 0.3) is 33.4 Å². The molecule has 31 heavy (non-hydrogen) atoms. The quantitative estimate of drug-likeness (QED) is 0.351. The number of tetrazole rings is 1. The summed E-state index contributed by atoms with van der Waals surface area (Å²) >= 11 is 0. The fourth-order valence-corrected chi connectivity index (χ4v) is 6.18. The maximum atomic E-state index is 12.8. The zero-order valence-corrected chi connectivity index (χ0v) is 17.7. The molecule has 0 saturated carbocycles. The van der Waals surface area contributed by atoms with Crippen molar-refractivity contribution in [2.24, 2.45) is 5.14 Å². The lowest BCUT2D eigenvalue weighted by molar-refractivity contribution is -0.360. The second kappa shape index (κ2) is 7.77. The molecule has 2 aromatic heterocycles. The first-order valence-electron chi connectivity index (χ1n) is 9.03. The molecule has 0 unspecified atom stereocenters. The Hall–Kier alpha value is -3.26. The van der Waals surface area contributed by atoms with Crippen molar-refractivity contribution < 1.29 is 22.6 Å². The Balaban J connectivity index is 2.12. The van der Waals surface area contributed by atoms with E-state index in [1.54, 1.807) is 24.4 Å². The summed E-state index contributed by atoms with van der Waals surface area (Å²) in [7, 11) is -8.49. The number of nitrogens with two attached hydrogens (primary N) is 1. The number of nitrogens with zero attached hydrogens (tertiary/aromatic N) is 4. The third-order valence-corrected chi connectivity index (χ3v) is 7.60. The van der Waals surface area contributed by atoms with Gasteiger partial charge in [-0.05, 0) is 34.5 Å². The summed E-state index contributed by atoms with van der Waals surface area (Å²) in [5.41, 5.74) is 5.11. The highest BCUT2D eigenvalue weighted by molar-refractivity contribution is 7.93. The van der Waals surface area contributed by atoms with Crippen molar-refractivity contribution in [2.45, 2.75) is 9.79 Å². The molecule has 160 valence electrons. The van der Waals surface area contributed by atoms with Crippen molar-refractivity contribution in [3.8, 4) is 22.5 Å². The molecule has 0 aliphatic rings. The molecule has 0 bridgehead atoms. The van der Waals surface area contributed by atoms with Crippen molar-refractivity contribution in [2.75, 3.05) is 12.3 Å². The van der Waals surface area contributed by atoms with E-state index in [2.05, 4.69) is 31.3 Å². The largest absolute Gasteiger partial charge is 0.357 e. The lowest BCUT2D eigenvalue weighted by atomic mass is 9.98. The first-order chi connectivity index (χ1) is 14.7. The van der Waals surface area contributed by atoms with E-state index in [9.17, 15) is 16.8 Å². The SMILES string of the molecule is NS(=O)(=O)c1c(S(=O)(=O)CC[NH3+])ccc(-c2ccc3cccnc3c2)c1-c1nn[nH]n1. The summed E-state index contributed by atoms with van der Waals surface area (Å²) in [4.78, 5) is 3.30. The zero-order chi connectivity index (χ0) is 22.2. The van der Waals surface area contributed by atoms with Crippen LogP contribution < -0.4 is 10.9 Å². The molecule has 0 aliphatic carbocycles. The molecule has 0 saturated heterocycles. The summed E-state index contributed by atoms with van der Waals surface area (Å²) in [6.45, 7) is 0.0576. The van der Waals surface area contributed by atoms with Gasteiger partial charge in [-0.25, -0.2) is 22.0 Å². The summed E-state index contributed by atoms with van der Waals surface area (Å²) < 4.78 is 50.9. The van der Waals surface area contributed by atoms with Gasteiger partial charge in [0.25, 0.3) is 0 Å². The van der Waals surface area contributed by atoms with Crippen LogP contribution in [0.5, 0.6) is 0 Å². The summed E-state index contributed by atoms with van der Waals surface area (Å²) in [6.07, 6.45) is 1.64. The van der Waals surface area contributed by atoms with Gasteiger partial charge in [0, 0.05) is 11.6 Å². The van der Waals surface area contributed by atoms with Crippen LogP contribution in [0, 0.1) is 0 Å². The van der Waals surface area contributed by atoms with E-state index in [0.717, 1.165) is 5.39 Å². The van der Waals surface area contributed by atoms with E-state index < -0.39 is 29.7 Å². The Morgan fingerprint density at radius 1 is 1.06 bits per heavy atom. The van der Waals surface area contributed by atoms with E-state index in [-0.39, 0.29) is 23.7 Å². The van der Waals surface area contributed by atoms with Gasteiger partial charge in [-0.2, -0.15) is 5.21 Å².